The topological polar surface area (TPSA) is 73.6 Å². The zero-order chi connectivity index (χ0) is 21.0. The van der Waals surface area contributed by atoms with Crippen LogP contribution in [0.5, 0.6) is 11.5 Å². The summed E-state index contributed by atoms with van der Waals surface area (Å²) in [7, 11) is 0. The summed E-state index contributed by atoms with van der Waals surface area (Å²) in [6.45, 7) is 0.337. The van der Waals surface area contributed by atoms with Crippen molar-refractivity contribution in [1.82, 2.24) is 5.16 Å². The van der Waals surface area contributed by atoms with Gasteiger partial charge in [0.2, 0.25) is 0 Å². The molecule has 2 aromatic carbocycles. The lowest BCUT2D eigenvalue weighted by atomic mass is 10.1. The number of benzene rings is 2. The Balaban J connectivity index is 1.79. The van der Waals surface area contributed by atoms with Crippen molar-refractivity contribution in [2.24, 2.45) is 0 Å². The second-order valence-corrected chi connectivity index (χ2v) is 6.58. The standard InChI is InChI=1S/C20H17ClF2N2O4/c1-11-6-7-16(17(8-11)28-20(22)23)24-19(26)18-15(12(2)29-25-18)10-27-14-5-3-4-13(21)9-14/h3-9,20H,10H2,1-2H3,(H,24,26). The lowest BCUT2D eigenvalue weighted by molar-refractivity contribution is -0.0494. The van der Waals surface area contributed by atoms with Crippen LogP contribution < -0.4 is 14.8 Å². The number of hydrogen-bond acceptors (Lipinski definition) is 5. The number of carbonyl (C=O) groups excluding carboxylic acids is 1. The third kappa shape index (κ3) is 5.23. The highest BCUT2D eigenvalue weighted by Crippen LogP contribution is 2.28. The molecular formula is C20H17ClF2N2O4. The van der Waals surface area contributed by atoms with Crippen molar-refractivity contribution in [2.75, 3.05) is 5.32 Å². The van der Waals surface area contributed by atoms with Gasteiger partial charge in [-0.25, -0.2) is 0 Å². The van der Waals surface area contributed by atoms with E-state index >= 15 is 0 Å². The molecule has 1 aromatic heterocycles. The molecule has 1 N–H and O–H groups in total. The number of hydrogen-bond donors (Lipinski definition) is 1. The van der Waals surface area contributed by atoms with E-state index in [9.17, 15) is 13.6 Å². The summed E-state index contributed by atoms with van der Waals surface area (Å²) in [5.74, 6) is 0.112. The summed E-state index contributed by atoms with van der Waals surface area (Å²) in [5, 5.41) is 6.80. The lowest BCUT2D eigenvalue weighted by Gasteiger charge is -2.12. The van der Waals surface area contributed by atoms with Gasteiger partial charge in [-0.15, -0.1) is 0 Å². The largest absolute Gasteiger partial charge is 0.489 e. The van der Waals surface area contributed by atoms with Crippen LogP contribution in [0.1, 0.15) is 27.4 Å². The summed E-state index contributed by atoms with van der Waals surface area (Å²) >= 11 is 5.93. The number of nitrogens with zero attached hydrogens (tertiary/aromatic N) is 1. The quantitative estimate of drug-likeness (QED) is 0.553. The molecule has 0 bridgehead atoms. The summed E-state index contributed by atoms with van der Waals surface area (Å²) in [6.07, 6.45) is 0. The number of rotatable bonds is 7. The van der Waals surface area contributed by atoms with Crippen LogP contribution in [0.2, 0.25) is 5.02 Å². The van der Waals surface area contributed by atoms with Crippen LogP contribution in [0, 0.1) is 13.8 Å². The van der Waals surface area contributed by atoms with Gasteiger partial charge >= 0.3 is 6.61 Å². The predicted octanol–water partition coefficient (Wildman–Crippen LogP) is 5.38. The number of aryl methyl sites for hydroxylation is 2. The van der Waals surface area contributed by atoms with Gasteiger partial charge in [0.05, 0.1) is 11.3 Å². The van der Waals surface area contributed by atoms with Gasteiger partial charge in [0, 0.05) is 5.02 Å². The first kappa shape index (κ1) is 20.6. The Hall–Kier alpha value is -3.13. The molecule has 0 saturated carbocycles. The van der Waals surface area contributed by atoms with Gasteiger partial charge in [0.15, 0.2) is 5.69 Å². The Morgan fingerprint density at radius 1 is 1.24 bits per heavy atom. The number of carbonyl (C=O) groups is 1. The SMILES string of the molecule is Cc1ccc(NC(=O)c2noc(C)c2COc2cccc(Cl)c2)c(OC(F)F)c1. The molecule has 3 rings (SSSR count). The van der Waals surface area contributed by atoms with E-state index in [1.807, 2.05) is 0 Å². The number of aromatic nitrogens is 1. The van der Waals surface area contributed by atoms with Gasteiger partial charge < -0.3 is 19.3 Å². The highest BCUT2D eigenvalue weighted by Gasteiger charge is 2.22. The minimum atomic E-state index is -3.02. The van der Waals surface area contributed by atoms with Gasteiger partial charge in [-0.1, -0.05) is 28.9 Å². The maximum atomic E-state index is 12.7. The maximum Gasteiger partial charge on any atom is 0.387 e. The Kier molecular flexibility index (Phi) is 6.33. The zero-order valence-corrected chi connectivity index (χ0v) is 16.3. The van der Waals surface area contributed by atoms with E-state index in [1.54, 1.807) is 44.2 Å². The highest BCUT2D eigenvalue weighted by atomic mass is 35.5. The molecule has 3 aromatic rings. The second kappa shape index (κ2) is 8.91. The summed E-state index contributed by atoms with van der Waals surface area (Å²) < 4.78 is 40.6. The Labute approximate surface area is 170 Å². The summed E-state index contributed by atoms with van der Waals surface area (Å²) in [6, 6.07) is 11.3. The second-order valence-electron chi connectivity index (χ2n) is 6.14. The first-order valence-electron chi connectivity index (χ1n) is 8.54. The van der Waals surface area contributed by atoms with E-state index in [-0.39, 0.29) is 23.7 Å². The minimum Gasteiger partial charge on any atom is -0.489 e. The van der Waals surface area contributed by atoms with E-state index in [0.29, 0.717) is 27.7 Å². The first-order chi connectivity index (χ1) is 13.8. The third-order valence-electron chi connectivity index (χ3n) is 3.98. The summed E-state index contributed by atoms with van der Waals surface area (Å²) in [5.41, 5.74) is 1.19. The molecule has 6 nitrogen and oxygen atoms in total. The van der Waals surface area contributed by atoms with Gasteiger partial charge in [-0.3, -0.25) is 4.79 Å². The normalized spacial score (nSPS) is 10.8. The molecule has 0 aliphatic heterocycles. The molecule has 0 saturated heterocycles. The molecule has 29 heavy (non-hydrogen) atoms. The van der Waals surface area contributed by atoms with Crippen LogP contribution in [-0.2, 0) is 6.61 Å². The van der Waals surface area contributed by atoms with Crippen LogP contribution in [0.4, 0.5) is 14.5 Å². The molecule has 0 unspecified atom stereocenters. The number of nitrogens with one attached hydrogen (secondary N) is 1. The van der Waals surface area contributed by atoms with E-state index in [4.69, 9.17) is 20.9 Å². The average Bonchev–Trinajstić information content (AvgIpc) is 3.02. The van der Waals surface area contributed by atoms with E-state index in [0.717, 1.165) is 0 Å². The Bertz CT molecular complexity index is 1020. The van der Waals surface area contributed by atoms with Crippen molar-refractivity contribution in [3.8, 4) is 11.5 Å². The van der Waals surface area contributed by atoms with Crippen LogP contribution in [0.15, 0.2) is 47.0 Å². The molecule has 0 aliphatic rings. The number of anilines is 1. The lowest BCUT2D eigenvalue weighted by Crippen LogP contribution is -2.16. The van der Waals surface area contributed by atoms with Crippen LogP contribution in [0.25, 0.3) is 0 Å². The number of alkyl halides is 2. The highest BCUT2D eigenvalue weighted by molar-refractivity contribution is 6.30. The minimum absolute atomic E-state index is 0.00666. The van der Waals surface area contributed by atoms with E-state index < -0.39 is 12.5 Å². The molecule has 9 heteroatoms. The van der Waals surface area contributed by atoms with Crippen molar-refractivity contribution in [2.45, 2.75) is 27.1 Å². The van der Waals surface area contributed by atoms with Crippen molar-refractivity contribution in [3.63, 3.8) is 0 Å². The molecule has 1 amide bonds. The fraction of sp³-hybridized carbons (Fsp3) is 0.200. The van der Waals surface area contributed by atoms with Crippen molar-refractivity contribution >= 4 is 23.2 Å². The third-order valence-corrected chi connectivity index (χ3v) is 4.22. The van der Waals surface area contributed by atoms with Gasteiger partial charge in [-0.05, 0) is 49.7 Å². The predicted molar refractivity (Wildman–Crippen MR) is 103 cm³/mol. The number of halogens is 3. The average molecular weight is 423 g/mol. The van der Waals surface area contributed by atoms with E-state index in [2.05, 4.69) is 15.2 Å². The molecule has 152 valence electrons. The maximum absolute atomic E-state index is 12.7. The van der Waals surface area contributed by atoms with Crippen LogP contribution in [0.3, 0.4) is 0 Å². The van der Waals surface area contributed by atoms with Gasteiger partial charge in [0.1, 0.15) is 23.9 Å². The van der Waals surface area contributed by atoms with Crippen molar-refractivity contribution < 1.29 is 27.6 Å². The molecule has 0 radical (unpaired) electrons. The Morgan fingerprint density at radius 2 is 2.03 bits per heavy atom. The Morgan fingerprint density at radius 3 is 2.76 bits per heavy atom. The van der Waals surface area contributed by atoms with Crippen LogP contribution >= 0.6 is 11.6 Å². The molecule has 1 heterocycles. The van der Waals surface area contributed by atoms with Gasteiger partial charge in [-0.2, -0.15) is 8.78 Å². The van der Waals surface area contributed by atoms with Crippen molar-refractivity contribution in [1.29, 1.82) is 0 Å². The van der Waals surface area contributed by atoms with E-state index in [1.165, 1.54) is 12.1 Å². The first-order valence-corrected chi connectivity index (χ1v) is 8.91. The van der Waals surface area contributed by atoms with Gasteiger partial charge in [0.25, 0.3) is 5.91 Å². The number of ether oxygens (including phenoxy) is 2. The van der Waals surface area contributed by atoms with Crippen molar-refractivity contribution in [3.05, 3.63) is 70.1 Å². The smallest absolute Gasteiger partial charge is 0.387 e. The molecule has 0 fully saturated rings. The van der Waals surface area contributed by atoms with Crippen LogP contribution in [-0.4, -0.2) is 17.7 Å². The molecule has 0 spiro atoms. The zero-order valence-electron chi connectivity index (χ0n) is 15.5. The fourth-order valence-corrected chi connectivity index (χ4v) is 2.74. The fourth-order valence-electron chi connectivity index (χ4n) is 2.56. The molecular weight excluding hydrogens is 406 g/mol. The summed E-state index contributed by atoms with van der Waals surface area (Å²) in [4.78, 5) is 12.7. The number of amides is 1. The monoisotopic (exact) mass is 422 g/mol. The molecule has 0 atom stereocenters. The molecule has 0 aliphatic carbocycles.